The topological polar surface area (TPSA) is 6.48 Å². The van der Waals surface area contributed by atoms with Gasteiger partial charge in [0.05, 0.1) is 6.04 Å². The first-order chi connectivity index (χ1) is 29.5. The molecule has 0 heterocycles. The predicted molar refractivity (Wildman–Crippen MR) is 266 cm³/mol. The Kier molecular flexibility index (Phi) is 9.31. The molecule has 2 nitrogen and oxygen atoms in total. The number of hydrogen-bond acceptors (Lipinski definition) is 2. The molecule has 62 heavy (non-hydrogen) atoms. The van der Waals surface area contributed by atoms with E-state index >= 15 is 0 Å². The van der Waals surface area contributed by atoms with Crippen LogP contribution in [0.25, 0.3) is 27.5 Å². The molecule has 6 aromatic carbocycles. The molecule has 0 N–H and O–H groups in total. The van der Waals surface area contributed by atoms with Gasteiger partial charge in [-0.3, -0.25) is 0 Å². The monoisotopic (exact) mass is 810 g/mol. The Morgan fingerprint density at radius 1 is 0.532 bits per heavy atom. The minimum Gasteiger partial charge on any atom is -0.335 e. The largest absolute Gasteiger partial charge is 0.335 e. The summed E-state index contributed by atoms with van der Waals surface area (Å²) in [5.74, 6) is 0.537. The van der Waals surface area contributed by atoms with Gasteiger partial charge in [0.1, 0.15) is 0 Å². The van der Waals surface area contributed by atoms with Crippen molar-refractivity contribution in [1.29, 1.82) is 0 Å². The third-order valence-electron chi connectivity index (χ3n) is 14.8. The van der Waals surface area contributed by atoms with Crippen molar-refractivity contribution in [1.82, 2.24) is 0 Å². The summed E-state index contributed by atoms with van der Waals surface area (Å²) in [5.41, 5.74) is 18.6. The molecular formula is C60H62N2. The van der Waals surface area contributed by atoms with E-state index in [1.807, 2.05) is 0 Å². The van der Waals surface area contributed by atoms with E-state index in [-0.39, 0.29) is 27.7 Å². The van der Waals surface area contributed by atoms with Crippen LogP contribution in [0.4, 0.5) is 22.7 Å². The van der Waals surface area contributed by atoms with Crippen LogP contribution in [0.15, 0.2) is 169 Å². The maximum Gasteiger partial charge on any atom is 0.0563 e. The van der Waals surface area contributed by atoms with Crippen molar-refractivity contribution < 1.29 is 0 Å². The lowest BCUT2D eigenvalue weighted by Crippen LogP contribution is -2.39. The first-order valence-corrected chi connectivity index (χ1v) is 22.9. The summed E-state index contributed by atoms with van der Waals surface area (Å²) in [7, 11) is 0. The van der Waals surface area contributed by atoms with Crippen LogP contribution in [0.1, 0.15) is 110 Å². The van der Waals surface area contributed by atoms with Gasteiger partial charge in [0.15, 0.2) is 0 Å². The Morgan fingerprint density at radius 2 is 1.11 bits per heavy atom. The summed E-state index contributed by atoms with van der Waals surface area (Å²) in [6, 6.07) is 48.3. The van der Waals surface area contributed by atoms with E-state index in [0.717, 1.165) is 18.5 Å². The highest BCUT2D eigenvalue weighted by atomic mass is 15.2. The summed E-state index contributed by atoms with van der Waals surface area (Å²) < 4.78 is 0. The third kappa shape index (κ3) is 6.43. The lowest BCUT2D eigenvalue weighted by Gasteiger charge is -2.45. The molecular weight excluding hydrogens is 749 g/mol. The molecule has 4 aliphatic carbocycles. The molecule has 2 heteroatoms. The molecule has 0 amide bonds. The van der Waals surface area contributed by atoms with Gasteiger partial charge >= 0.3 is 0 Å². The number of fused-ring (bicyclic) bond motifs is 3. The van der Waals surface area contributed by atoms with Crippen molar-refractivity contribution in [3.63, 3.8) is 0 Å². The Bertz CT molecular complexity index is 2850. The first-order valence-electron chi connectivity index (χ1n) is 22.9. The lowest BCUT2D eigenvalue weighted by atomic mass is 9.61. The van der Waals surface area contributed by atoms with Crippen LogP contribution in [0.3, 0.4) is 0 Å². The fraction of sp³-hybridized carbons (Fsp3) is 0.300. The van der Waals surface area contributed by atoms with Crippen molar-refractivity contribution in [2.75, 3.05) is 9.80 Å². The van der Waals surface area contributed by atoms with Crippen LogP contribution in [-0.4, -0.2) is 6.04 Å². The second-order valence-electron chi connectivity index (χ2n) is 21.4. The van der Waals surface area contributed by atoms with Gasteiger partial charge in [0.2, 0.25) is 0 Å². The fourth-order valence-electron chi connectivity index (χ4n) is 11.1. The second-order valence-corrected chi connectivity index (χ2v) is 21.4. The molecule has 6 aromatic rings. The Balaban J connectivity index is 1.06. The smallest absolute Gasteiger partial charge is 0.0563 e. The maximum atomic E-state index is 2.59. The van der Waals surface area contributed by atoms with Gasteiger partial charge in [-0.15, -0.1) is 0 Å². The van der Waals surface area contributed by atoms with Crippen LogP contribution in [0.5, 0.6) is 0 Å². The van der Waals surface area contributed by atoms with E-state index in [1.54, 1.807) is 0 Å². The number of rotatable bonds is 6. The number of hydrogen-bond donors (Lipinski definition) is 0. The zero-order chi connectivity index (χ0) is 43.3. The van der Waals surface area contributed by atoms with Gasteiger partial charge in [-0.05, 0) is 145 Å². The molecule has 312 valence electrons. The average molecular weight is 811 g/mol. The molecule has 0 aromatic heterocycles. The number of anilines is 4. The van der Waals surface area contributed by atoms with Crippen LogP contribution in [0.2, 0.25) is 0 Å². The van der Waals surface area contributed by atoms with E-state index in [4.69, 9.17) is 0 Å². The third-order valence-corrected chi connectivity index (χ3v) is 14.8. The predicted octanol–water partition coefficient (Wildman–Crippen LogP) is 16.3. The molecule has 0 fully saturated rings. The summed E-state index contributed by atoms with van der Waals surface area (Å²) in [6.07, 6.45) is 14.3. The van der Waals surface area contributed by atoms with Crippen LogP contribution < -0.4 is 9.80 Å². The standard InChI is InChI=1S/C60H62N2/c1-57(2,3)39-21-25-43(26-22-39)61(41-17-13-11-14-18-41)45-29-31-47-49-33-34-50-48-32-30-46(62(42-19-15-12-16-20-42)44-27-23-40(24-28-44)58(4,5)6)38-54(48)60(9,10)52-36-35-51(55(49)56(50)52)59(7,8)53(47)37-45/h11-23,25-37,40,46H,24,38H2,1-10H3. The number of nitrogens with zero attached hydrogens (tertiary/aromatic N) is 2. The molecule has 4 aliphatic rings. The van der Waals surface area contributed by atoms with E-state index in [9.17, 15) is 0 Å². The fourth-order valence-corrected chi connectivity index (χ4v) is 11.1. The summed E-state index contributed by atoms with van der Waals surface area (Å²) in [5, 5.41) is 2.86. The molecule has 0 radical (unpaired) electrons. The van der Waals surface area contributed by atoms with Crippen LogP contribution in [0, 0.1) is 11.3 Å². The summed E-state index contributed by atoms with van der Waals surface area (Å²) >= 11 is 0. The average Bonchev–Trinajstić information content (AvgIpc) is 3.26. The minimum atomic E-state index is -0.219. The van der Waals surface area contributed by atoms with Crippen molar-refractivity contribution >= 4 is 39.1 Å². The van der Waals surface area contributed by atoms with E-state index in [1.165, 1.54) is 83.6 Å². The van der Waals surface area contributed by atoms with Crippen molar-refractivity contribution in [3.8, 4) is 11.1 Å². The first kappa shape index (κ1) is 40.2. The zero-order valence-electron chi connectivity index (χ0n) is 38.5. The molecule has 0 saturated carbocycles. The normalized spacial score (nSPS) is 19.5. The molecule has 2 atom stereocenters. The van der Waals surface area contributed by atoms with E-state index in [2.05, 4.69) is 237 Å². The lowest BCUT2D eigenvalue weighted by molar-refractivity contribution is 0.293. The van der Waals surface area contributed by atoms with Gasteiger partial charge in [0.25, 0.3) is 0 Å². The summed E-state index contributed by atoms with van der Waals surface area (Å²) in [4.78, 5) is 5.01. The molecule has 2 unspecified atom stereocenters. The van der Waals surface area contributed by atoms with Crippen molar-refractivity contribution in [2.45, 2.75) is 104 Å². The van der Waals surface area contributed by atoms with Gasteiger partial charge in [-0.2, -0.15) is 0 Å². The van der Waals surface area contributed by atoms with Crippen molar-refractivity contribution in [3.05, 3.63) is 197 Å². The van der Waals surface area contributed by atoms with E-state index < -0.39 is 0 Å². The minimum absolute atomic E-state index is 0.0915. The SMILES string of the molecule is CC(C)(C)c1ccc(N(c2ccccc2)c2ccc3c(c2)C(C)(C)c2ccc4c5c(ccc-3c25)C2=C(CC(N(C3=CCC(C(C)(C)C)C=C3)c3ccccc3)C=C2)C4(C)C)cc1. The Morgan fingerprint density at radius 3 is 1.74 bits per heavy atom. The van der Waals surface area contributed by atoms with Crippen LogP contribution >= 0.6 is 0 Å². The summed E-state index contributed by atoms with van der Waals surface area (Å²) in [6.45, 7) is 23.7. The number of allylic oxidation sites excluding steroid dienone is 5. The molecule has 10 rings (SSSR count). The Hall–Kier alpha value is -5.86. The highest BCUT2D eigenvalue weighted by Gasteiger charge is 2.42. The zero-order valence-corrected chi connectivity index (χ0v) is 38.5. The van der Waals surface area contributed by atoms with E-state index in [0.29, 0.717) is 5.92 Å². The molecule has 0 aliphatic heterocycles. The number of benzene rings is 6. The maximum absolute atomic E-state index is 2.59. The quantitative estimate of drug-likeness (QED) is 0.165. The number of para-hydroxylation sites is 2. The van der Waals surface area contributed by atoms with Gasteiger partial charge in [-0.1, -0.05) is 172 Å². The Labute approximate surface area is 371 Å². The molecule has 0 bridgehead atoms. The highest BCUT2D eigenvalue weighted by molar-refractivity contribution is 6.12. The van der Waals surface area contributed by atoms with Gasteiger partial charge in [0, 0.05) is 39.3 Å². The highest BCUT2D eigenvalue weighted by Crippen LogP contribution is 2.57. The van der Waals surface area contributed by atoms with Gasteiger partial charge in [-0.25, -0.2) is 0 Å². The molecule has 0 spiro atoms. The van der Waals surface area contributed by atoms with Gasteiger partial charge < -0.3 is 9.80 Å². The second kappa shape index (κ2) is 14.3. The molecule has 0 saturated heterocycles. The van der Waals surface area contributed by atoms with Crippen LogP contribution in [-0.2, 0) is 16.2 Å². The van der Waals surface area contributed by atoms with Crippen molar-refractivity contribution in [2.24, 2.45) is 11.3 Å².